The van der Waals surface area contributed by atoms with Crippen molar-refractivity contribution in [1.29, 1.82) is 0 Å². The predicted octanol–water partition coefficient (Wildman–Crippen LogP) is 17.2. The lowest BCUT2D eigenvalue weighted by Gasteiger charge is -2.29. The third-order valence-electron chi connectivity index (χ3n) is 12.8. The number of benzene rings is 11. The third-order valence-corrected chi connectivity index (χ3v) is 12.8. The summed E-state index contributed by atoms with van der Waals surface area (Å²) >= 11 is 0. The monoisotopic (exact) mass is 814 g/mol. The van der Waals surface area contributed by atoms with Crippen LogP contribution in [0, 0.1) is 0 Å². The number of hydrogen-bond acceptors (Lipinski definition) is 1. The summed E-state index contributed by atoms with van der Waals surface area (Å²) in [5, 5.41) is 7.40. The van der Waals surface area contributed by atoms with Gasteiger partial charge >= 0.3 is 0 Å². The van der Waals surface area contributed by atoms with Crippen LogP contribution >= 0.6 is 0 Å². The molecule has 0 fully saturated rings. The zero-order chi connectivity index (χ0) is 42.4. The van der Waals surface area contributed by atoms with E-state index >= 15 is 0 Å². The van der Waals surface area contributed by atoms with E-state index in [0.717, 1.165) is 33.9 Å². The van der Waals surface area contributed by atoms with Gasteiger partial charge in [0.15, 0.2) is 0 Å². The van der Waals surface area contributed by atoms with Crippen molar-refractivity contribution in [2.45, 2.75) is 0 Å². The van der Waals surface area contributed by atoms with Gasteiger partial charge < -0.3 is 9.47 Å². The fourth-order valence-electron chi connectivity index (χ4n) is 9.74. The van der Waals surface area contributed by atoms with Crippen molar-refractivity contribution < 1.29 is 0 Å². The van der Waals surface area contributed by atoms with E-state index in [1.807, 2.05) is 0 Å². The quantitative estimate of drug-likeness (QED) is 0.148. The molecule has 2 heteroatoms. The average Bonchev–Trinajstić information content (AvgIpc) is 3.71. The molecule has 0 saturated carbocycles. The van der Waals surface area contributed by atoms with Crippen molar-refractivity contribution in [1.82, 2.24) is 4.57 Å². The van der Waals surface area contributed by atoms with Gasteiger partial charge in [-0.25, -0.2) is 0 Å². The minimum absolute atomic E-state index is 1.07. The highest BCUT2D eigenvalue weighted by atomic mass is 15.1. The van der Waals surface area contributed by atoms with Gasteiger partial charge in [0.2, 0.25) is 0 Å². The van der Waals surface area contributed by atoms with E-state index in [4.69, 9.17) is 0 Å². The van der Waals surface area contributed by atoms with Crippen LogP contribution in [0.2, 0.25) is 0 Å². The summed E-state index contributed by atoms with van der Waals surface area (Å²) in [6, 6.07) is 92.8. The lowest BCUT2D eigenvalue weighted by Crippen LogP contribution is -2.12. The molecule has 1 aromatic heterocycles. The van der Waals surface area contributed by atoms with Gasteiger partial charge in [-0.3, -0.25) is 0 Å². The molecule has 11 aromatic carbocycles. The number of anilines is 3. The molecule has 0 bridgehead atoms. The van der Waals surface area contributed by atoms with Crippen LogP contribution < -0.4 is 4.90 Å². The van der Waals surface area contributed by atoms with E-state index in [1.54, 1.807) is 0 Å². The van der Waals surface area contributed by atoms with Crippen LogP contribution in [-0.4, -0.2) is 4.57 Å². The first-order chi connectivity index (χ1) is 31.7. The number of fused-ring (bicyclic) bond motifs is 5. The van der Waals surface area contributed by atoms with Crippen LogP contribution in [0.25, 0.3) is 93.5 Å². The second-order valence-corrected chi connectivity index (χ2v) is 16.5. The Labute approximate surface area is 373 Å². The van der Waals surface area contributed by atoms with Crippen molar-refractivity contribution in [2.75, 3.05) is 4.90 Å². The molecule has 0 unspecified atom stereocenters. The summed E-state index contributed by atoms with van der Waals surface area (Å²) in [5.74, 6) is 0. The maximum absolute atomic E-state index is 2.45. The molecule has 0 aliphatic rings. The number of rotatable bonds is 8. The second kappa shape index (κ2) is 15.8. The summed E-state index contributed by atoms with van der Waals surface area (Å²) in [6.45, 7) is 0. The summed E-state index contributed by atoms with van der Waals surface area (Å²) in [5.41, 5.74) is 16.2. The van der Waals surface area contributed by atoms with E-state index in [1.165, 1.54) is 76.7 Å². The molecule has 0 saturated heterocycles. The van der Waals surface area contributed by atoms with E-state index in [9.17, 15) is 0 Å². The molecule has 2 nitrogen and oxygen atoms in total. The first-order valence-corrected chi connectivity index (χ1v) is 22.0. The molecule has 0 aliphatic carbocycles. The molecule has 12 aromatic rings. The fraction of sp³-hybridized carbons (Fsp3) is 0. The molecule has 12 rings (SSSR count). The largest absolute Gasteiger partial charge is 0.310 e. The van der Waals surface area contributed by atoms with Gasteiger partial charge in [0.25, 0.3) is 0 Å². The third kappa shape index (κ3) is 6.52. The molecule has 1 heterocycles. The topological polar surface area (TPSA) is 8.17 Å². The van der Waals surface area contributed by atoms with Crippen LogP contribution in [0.3, 0.4) is 0 Å². The number of aromatic nitrogens is 1. The standard InChI is InChI=1S/C62H42N2/c1-2-15-43(16-3-1)47-21-12-22-48(41-47)44-31-34-50(35-32-44)63(51-36-38-52(39-37-51)64-60-29-10-8-25-57(60)58-26-9-11-30-61(58)64)62-42-49(55-27-13-19-45-17-4-6-23-53(45)55)33-40-59(62)56-28-14-20-46-18-5-7-24-54(46)56/h1-42H. The zero-order valence-electron chi connectivity index (χ0n) is 35.1. The normalized spacial score (nSPS) is 11.4. The van der Waals surface area contributed by atoms with Crippen LogP contribution in [0.1, 0.15) is 0 Å². The highest BCUT2D eigenvalue weighted by molar-refractivity contribution is 6.09. The summed E-state index contributed by atoms with van der Waals surface area (Å²) in [6.07, 6.45) is 0. The van der Waals surface area contributed by atoms with Gasteiger partial charge in [0.1, 0.15) is 0 Å². The molecule has 64 heavy (non-hydrogen) atoms. The van der Waals surface area contributed by atoms with Crippen LogP contribution in [0.5, 0.6) is 0 Å². The Kier molecular flexibility index (Phi) is 9.20. The highest BCUT2D eigenvalue weighted by Gasteiger charge is 2.21. The summed E-state index contributed by atoms with van der Waals surface area (Å²) in [4.78, 5) is 2.45. The van der Waals surface area contributed by atoms with Gasteiger partial charge in [-0.15, -0.1) is 0 Å². The molecule has 300 valence electrons. The highest BCUT2D eigenvalue weighted by Crippen LogP contribution is 2.46. The van der Waals surface area contributed by atoms with Crippen LogP contribution in [-0.2, 0) is 0 Å². The molecule has 0 atom stereocenters. The Bertz CT molecular complexity index is 3590. The maximum Gasteiger partial charge on any atom is 0.0546 e. The van der Waals surface area contributed by atoms with Gasteiger partial charge in [0, 0.05) is 33.4 Å². The van der Waals surface area contributed by atoms with Crippen molar-refractivity contribution in [3.63, 3.8) is 0 Å². The minimum Gasteiger partial charge on any atom is -0.310 e. The van der Waals surface area contributed by atoms with Crippen molar-refractivity contribution in [2.24, 2.45) is 0 Å². The summed E-state index contributed by atoms with van der Waals surface area (Å²) in [7, 11) is 0. The Morgan fingerprint density at radius 3 is 1.36 bits per heavy atom. The lowest BCUT2D eigenvalue weighted by molar-refractivity contribution is 1.17. The SMILES string of the molecule is c1ccc(-c2cccc(-c3ccc(N(c4ccc(-n5c6ccccc6c6ccccc65)cc4)c4cc(-c5cccc6ccccc56)ccc4-c4cccc5ccccc45)cc3)c2)cc1. The number of para-hydroxylation sites is 2. The first-order valence-electron chi connectivity index (χ1n) is 22.0. The Hall–Kier alpha value is -8.46. The molecule has 0 N–H and O–H groups in total. The van der Waals surface area contributed by atoms with Crippen molar-refractivity contribution in [3.8, 4) is 50.2 Å². The zero-order valence-corrected chi connectivity index (χ0v) is 35.1. The number of hydrogen-bond donors (Lipinski definition) is 0. The van der Waals surface area contributed by atoms with Crippen LogP contribution in [0.15, 0.2) is 255 Å². The molecular weight excluding hydrogens is 773 g/mol. The number of nitrogens with zero attached hydrogens (tertiary/aromatic N) is 2. The Balaban J connectivity index is 1.07. The van der Waals surface area contributed by atoms with Gasteiger partial charge in [-0.1, -0.05) is 194 Å². The average molecular weight is 815 g/mol. The smallest absolute Gasteiger partial charge is 0.0546 e. The molecular formula is C62H42N2. The minimum atomic E-state index is 1.07. The summed E-state index contributed by atoms with van der Waals surface area (Å²) < 4.78 is 2.39. The fourth-order valence-corrected chi connectivity index (χ4v) is 9.74. The molecule has 0 radical (unpaired) electrons. The van der Waals surface area contributed by atoms with E-state index < -0.39 is 0 Å². The van der Waals surface area contributed by atoms with Gasteiger partial charge in [-0.05, 0) is 121 Å². The second-order valence-electron chi connectivity index (χ2n) is 16.5. The van der Waals surface area contributed by atoms with E-state index in [2.05, 4.69) is 264 Å². The lowest BCUT2D eigenvalue weighted by atomic mass is 9.92. The molecule has 0 aliphatic heterocycles. The van der Waals surface area contributed by atoms with E-state index in [0.29, 0.717) is 0 Å². The maximum atomic E-state index is 2.45. The van der Waals surface area contributed by atoms with Crippen LogP contribution in [0.4, 0.5) is 17.1 Å². The Morgan fingerprint density at radius 1 is 0.266 bits per heavy atom. The molecule has 0 amide bonds. The Morgan fingerprint density at radius 2 is 0.719 bits per heavy atom. The van der Waals surface area contributed by atoms with Crippen molar-refractivity contribution >= 4 is 60.4 Å². The van der Waals surface area contributed by atoms with Crippen molar-refractivity contribution in [3.05, 3.63) is 255 Å². The van der Waals surface area contributed by atoms with Gasteiger partial charge in [0.05, 0.1) is 16.7 Å². The van der Waals surface area contributed by atoms with E-state index in [-0.39, 0.29) is 0 Å². The predicted molar refractivity (Wildman–Crippen MR) is 272 cm³/mol. The first kappa shape index (κ1) is 37.3. The molecule has 0 spiro atoms. The van der Waals surface area contributed by atoms with Gasteiger partial charge in [-0.2, -0.15) is 0 Å².